The maximum absolute atomic E-state index is 12.5. The molecule has 3 N–H and O–H groups in total. The summed E-state index contributed by atoms with van der Waals surface area (Å²) in [5, 5.41) is 3.92. The van der Waals surface area contributed by atoms with E-state index in [1.165, 1.54) is 11.3 Å². The topological polar surface area (TPSA) is 71.2 Å². The highest BCUT2D eigenvalue weighted by Gasteiger charge is 2.29. The summed E-state index contributed by atoms with van der Waals surface area (Å²) in [6.07, 6.45) is 0.881. The number of thiazole rings is 1. The second-order valence-corrected chi connectivity index (χ2v) is 7.04. The Morgan fingerprint density at radius 3 is 2.60 bits per heavy atom. The van der Waals surface area contributed by atoms with Crippen LogP contribution in [0, 0.1) is 5.92 Å². The number of rotatable bonds is 6. The summed E-state index contributed by atoms with van der Waals surface area (Å²) in [5.41, 5.74) is 5.69. The molecular weight excluding hydrogens is 272 g/mol. The molecule has 0 saturated heterocycles. The van der Waals surface area contributed by atoms with Crippen molar-refractivity contribution in [3.05, 3.63) is 4.88 Å². The van der Waals surface area contributed by atoms with Gasteiger partial charge in [0.2, 0.25) is 0 Å². The number of anilines is 2. The van der Waals surface area contributed by atoms with Crippen molar-refractivity contribution in [3.63, 3.8) is 0 Å². The molecule has 114 valence electrons. The molecule has 1 heterocycles. The van der Waals surface area contributed by atoms with Crippen LogP contribution < -0.4 is 11.1 Å². The minimum atomic E-state index is -0.195. The van der Waals surface area contributed by atoms with Crippen LogP contribution in [0.2, 0.25) is 0 Å². The van der Waals surface area contributed by atoms with Gasteiger partial charge in [-0.15, -0.1) is 0 Å². The van der Waals surface area contributed by atoms with Gasteiger partial charge >= 0.3 is 0 Å². The van der Waals surface area contributed by atoms with E-state index in [4.69, 9.17) is 5.73 Å². The van der Waals surface area contributed by atoms with E-state index in [0.717, 1.165) is 13.0 Å². The average Bonchev–Trinajstić information content (AvgIpc) is 2.75. The van der Waals surface area contributed by atoms with Gasteiger partial charge in [-0.2, -0.15) is 0 Å². The summed E-state index contributed by atoms with van der Waals surface area (Å²) in [6, 6.07) is 0. The Hall–Kier alpha value is -1.30. The third-order valence-electron chi connectivity index (χ3n) is 3.59. The number of carbonyl (C=O) groups excluding carboxylic acids is 1. The third-order valence-corrected chi connectivity index (χ3v) is 4.60. The zero-order chi connectivity index (χ0) is 15.5. The minimum Gasteiger partial charge on any atom is -0.382 e. The molecule has 20 heavy (non-hydrogen) atoms. The van der Waals surface area contributed by atoms with Crippen molar-refractivity contribution in [2.24, 2.45) is 5.92 Å². The second kappa shape index (κ2) is 6.43. The lowest BCUT2D eigenvalue weighted by Crippen LogP contribution is -2.44. The molecular formula is C14H26N4OS. The number of nitrogens with two attached hydrogens (primary N) is 1. The third kappa shape index (κ3) is 3.85. The van der Waals surface area contributed by atoms with Gasteiger partial charge in [0.05, 0.1) is 0 Å². The van der Waals surface area contributed by atoms with Crippen LogP contribution in [-0.4, -0.2) is 34.9 Å². The van der Waals surface area contributed by atoms with Crippen LogP contribution in [0.25, 0.3) is 0 Å². The van der Waals surface area contributed by atoms with Crippen molar-refractivity contribution >= 4 is 28.2 Å². The van der Waals surface area contributed by atoms with Gasteiger partial charge in [-0.1, -0.05) is 32.1 Å². The van der Waals surface area contributed by atoms with Crippen LogP contribution in [0.3, 0.4) is 0 Å². The van der Waals surface area contributed by atoms with E-state index < -0.39 is 0 Å². The maximum Gasteiger partial charge on any atom is 0.268 e. The number of nitrogen functional groups attached to an aromatic ring is 1. The van der Waals surface area contributed by atoms with Crippen LogP contribution in [-0.2, 0) is 0 Å². The highest BCUT2D eigenvalue weighted by atomic mass is 32.1. The standard InChI is InChI=1S/C14H26N4OS/c1-7-14(4,5)18(6)12(19)10-11(15)17-13(20-10)16-8-9(2)3/h9H,7-8,15H2,1-6H3,(H,16,17). The fourth-order valence-electron chi connectivity index (χ4n) is 1.52. The van der Waals surface area contributed by atoms with Gasteiger partial charge in [0.1, 0.15) is 10.7 Å². The molecule has 0 bridgehead atoms. The number of nitrogens with one attached hydrogen (secondary N) is 1. The van der Waals surface area contributed by atoms with Crippen molar-refractivity contribution in [2.45, 2.75) is 46.6 Å². The van der Waals surface area contributed by atoms with Crippen LogP contribution in [0.15, 0.2) is 0 Å². The molecule has 0 aliphatic rings. The molecule has 0 aliphatic carbocycles. The van der Waals surface area contributed by atoms with Crippen LogP contribution in [0.5, 0.6) is 0 Å². The van der Waals surface area contributed by atoms with E-state index in [0.29, 0.717) is 21.7 Å². The van der Waals surface area contributed by atoms with E-state index in [1.54, 1.807) is 4.90 Å². The molecule has 1 amide bonds. The summed E-state index contributed by atoms with van der Waals surface area (Å²) in [5.74, 6) is 0.760. The number of aromatic nitrogens is 1. The number of amides is 1. The number of hydrogen-bond donors (Lipinski definition) is 2. The van der Waals surface area contributed by atoms with Gasteiger partial charge in [-0.25, -0.2) is 4.98 Å². The van der Waals surface area contributed by atoms with E-state index in [2.05, 4.69) is 31.1 Å². The minimum absolute atomic E-state index is 0.0653. The molecule has 0 aromatic carbocycles. The normalized spacial score (nSPS) is 11.8. The van der Waals surface area contributed by atoms with E-state index in [-0.39, 0.29) is 11.4 Å². The van der Waals surface area contributed by atoms with E-state index in [1.807, 2.05) is 20.9 Å². The van der Waals surface area contributed by atoms with E-state index >= 15 is 0 Å². The maximum atomic E-state index is 12.5. The Bertz CT molecular complexity index is 468. The summed E-state index contributed by atoms with van der Waals surface area (Å²) in [6.45, 7) is 11.2. The fraction of sp³-hybridized carbons (Fsp3) is 0.714. The lowest BCUT2D eigenvalue weighted by molar-refractivity contribution is 0.0626. The van der Waals surface area contributed by atoms with Crippen molar-refractivity contribution in [1.82, 2.24) is 9.88 Å². The molecule has 0 atom stereocenters. The first-order valence-corrected chi connectivity index (χ1v) is 7.79. The second-order valence-electron chi connectivity index (χ2n) is 6.04. The van der Waals surface area contributed by atoms with Crippen molar-refractivity contribution in [1.29, 1.82) is 0 Å². The lowest BCUT2D eigenvalue weighted by Gasteiger charge is -2.34. The summed E-state index contributed by atoms with van der Waals surface area (Å²) >= 11 is 1.33. The zero-order valence-corrected chi connectivity index (χ0v) is 14.1. The molecule has 1 rings (SSSR count). The van der Waals surface area contributed by atoms with Gasteiger partial charge in [0, 0.05) is 19.1 Å². The molecule has 0 aliphatic heterocycles. The quantitative estimate of drug-likeness (QED) is 0.846. The molecule has 0 saturated carbocycles. The predicted molar refractivity (Wildman–Crippen MR) is 86.3 cm³/mol. The summed E-state index contributed by atoms with van der Waals surface area (Å²) in [7, 11) is 1.81. The first-order chi connectivity index (χ1) is 9.19. The van der Waals surface area contributed by atoms with Gasteiger partial charge < -0.3 is 16.0 Å². The Labute approximate surface area is 125 Å². The van der Waals surface area contributed by atoms with Gasteiger partial charge in [-0.3, -0.25) is 4.79 Å². The fourth-order valence-corrected chi connectivity index (χ4v) is 2.38. The van der Waals surface area contributed by atoms with Crippen molar-refractivity contribution in [2.75, 3.05) is 24.6 Å². The van der Waals surface area contributed by atoms with Crippen molar-refractivity contribution < 1.29 is 4.79 Å². The van der Waals surface area contributed by atoms with Crippen LogP contribution >= 0.6 is 11.3 Å². The molecule has 0 spiro atoms. The lowest BCUT2D eigenvalue weighted by atomic mass is 10.00. The average molecular weight is 298 g/mol. The number of carbonyl (C=O) groups is 1. The molecule has 6 heteroatoms. The van der Waals surface area contributed by atoms with Gasteiger partial charge in [0.15, 0.2) is 5.13 Å². The van der Waals surface area contributed by atoms with Crippen LogP contribution in [0.1, 0.15) is 50.7 Å². The molecule has 1 aromatic rings. The Morgan fingerprint density at radius 2 is 2.10 bits per heavy atom. The van der Waals surface area contributed by atoms with Crippen molar-refractivity contribution in [3.8, 4) is 0 Å². The molecule has 0 fully saturated rings. The van der Waals surface area contributed by atoms with Crippen LogP contribution in [0.4, 0.5) is 10.9 Å². The zero-order valence-electron chi connectivity index (χ0n) is 13.3. The summed E-state index contributed by atoms with van der Waals surface area (Å²) in [4.78, 5) is 19.0. The van der Waals surface area contributed by atoms with Gasteiger partial charge in [0.25, 0.3) is 5.91 Å². The number of nitrogens with zero attached hydrogens (tertiary/aromatic N) is 2. The Morgan fingerprint density at radius 1 is 1.50 bits per heavy atom. The highest BCUT2D eigenvalue weighted by molar-refractivity contribution is 7.18. The molecule has 1 aromatic heterocycles. The SMILES string of the molecule is CCC(C)(C)N(C)C(=O)c1sc(NCC(C)C)nc1N. The first-order valence-electron chi connectivity index (χ1n) is 6.97. The number of hydrogen-bond acceptors (Lipinski definition) is 5. The molecule has 5 nitrogen and oxygen atoms in total. The Balaban J connectivity index is 2.89. The predicted octanol–water partition coefficient (Wildman–Crippen LogP) is 3.05. The van der Waals surface area contributed by atoms with Gasteiger partial charge in [-0.05, 0) is 26.2 Å². The largest absolute Gasteiger partial charge is 0.382 e. The molecule has 0 radical (unpaired) electrons. The molecule has 0 unspecified atom stereocenters. The van der Waals surface area contributed by atoms with E-state index in [9.17, 15) is 4.79 Å². The first kappa shape index (κ1) is 16.8. The highest BCUT2D eigenvalue weighted by Crippen LogP contribution is 2.29. The Kier molecular flexibility index (Phi) is 5.39. The smallest absolute Gasteiger partial charge is 0.268 e. The summed E-state index contributed by atoms with van der Waals surface area (Å²) < 4.78 is 0. The monoisotopic (exact) mass is 298 g/mol.